The van der Waals surface area contributed by atoms with E-state index in [1.54, 1.807) is 0 Å². The maximum Gasteiger partial charge on any atom is 0.255 e. The lowest BCUT2D eigenvalue weighted by molar-refractivity contribution is 0.300. The number of fused-ring (bicyclic) bond motifs is 1. The predicted octanol–water partition coefficient (Wildman–Crippen LogP) is 2.24. The van der Waals surface area contributed by atoms with Crippen molar-refractivity contribution >= 4 is 12.6 Å². The fourth-order valence-corrected chi connectivity index (χ4v) is 2.86. The molecular weight excluding hydrogens is 244 g/mol. The number of aromatic nitrogens is 1. The molecule has 1 aromatic heterocycles. The first kappa shape index (κ1) is 13.7. The Balaban J connectivity index is 2.62. The molecule has 0 aromatic carbocycles. The van der Waals surface area contributed by atoms with E-state index in [9.17, 15) is 4.79 Å². The summed E-state index contributed by atoms with van der Waals surface area (Å²) in [6, 6.07) is 2.33. The second kappa shape index (κ2) is 5.49. The first-order chi connectivity index (χ1) is 8.58. The minimum atomic E-state index is 0.155. The van der Waals surface area contributed by atoms with E-state index >= 15 is 0 Å². The monoisotopic (exact) mass is 266 g/mol. The van der Waals surface area contributed by atoms with Gasteiger partial charge in [0.2, 0.25) is 0 Å². The zero-order valence-electron chi connectivity index (χ0n) is 11.4. The van der Waals surface area contributed by atoms with Crippen molar-refractivity contribution in [2.24, 2.45) is 0 Å². The van der Waals surface area contributed by atoms with E-state index in [2.05, 4.69) is 44.5 Å². The Labute approximate surface area is 114 Å². The molecule has 0 fully saturated rings. The Kier molecular flexibility index (Phi) is 4.17. The zero-order valence-corrected chi connectivity index (χ0v) is 12.3. The second-order valence-corrected chi connectivity index (χ2v) is 5.54. The molecule has 2 rings (SSSR count). The number of nitrogens with zero attached hydrogens (tertiary/aromatic N) is 2. The molecule has 0 bridgehead atoms. The fourth-order valence-electron chi connectivity index (χ4n) is 2.63. The van der Waals surface area contributed by atoms with Gasteiger partial charge >= 0.3 is 0 Å². The number of thiol groups is 1. The summed E-state index contributed by atoms with van der Waals surface area (Å²) in [5, 5.41) is 0. The highest BCUT2D eigenvalue weighted by molar-refractivity contribution is 7.79. The van der Waals surface area contributed by atoms with Gasteiger partial charge in [-0.15, -0.1) is 0 Å². The molecule has 1 aliphatic rings. The summed E-state index contributed by atoms with van der Waals surface area (Å²) in [4.78, 5) is 14.8. The van der Waals surface area contributed by atoms with Gasteiger partial charge in [-0.05, 0) is 32.0 Å². The van der Waals surface area contributed by atoms with Crippen LogP contribution in [0.4, 0.5) is 0 Å². The molecule has 2 heterocycles. The van der Waals surface area contributed by atoms with Crippen LogP contribution in [0.1, 0.15) is 43.1 Å². The van der Waals surface area contributed by atoms with Crippen molar-refractivity contribution in [2.75, 3.05) is 13.6 Å². The maximum atomic E-state index is 12.5. The van der Waals surface area contributed by atoms with Gasteiger partial charge in [0, 0.05) is 42.6 Å². The van der Waals surface area contributed by atoms with Gasteiger partial charge in [0.15, 0.2) is 0 Å². The van der Waals surface area contributed by atoms with Gasteiger partial charge in [-0.2, -0.15) is 12.6 Å². The minimum Gasteiger partial charge on any atom is -0.309 e. The van der Waals surface area contributed by atoms with E-state index in [1.165, 1.54) is 11.3 Å². The number of pyridine rings is 1. The van der Waals surface area contributed by atoms with Crippen LogP contribution in [0, 0.1) is 0 Å². The summed E-state index contributed by atoms with van der Waals surface area (Å²) < 4.78 is 2.01. The van der Waals surface area contributed by atoms with Crippen molar-refractivity contribution in [3.05, 3.63) is 33.2 Å². The Bertz CT molecular complexity index is 495. The highest BCUT2D eigenvalue weighted by Crippen LogP contribution is 2.22. The number of hydrogen-bond acceptors (Lipinski definition) is 3. The molecule has 1 aromatic rings. The van der Waals surface area contributed by atoms with E-state index in [4.69, 9.17) is 0 Å². The fraction of sp³-hybridized carbons (Fsp3) is 0.643. The van der Waals surface area contributed by atoms with Gasteiger partial charge in [-0.25, -0.2) is 0 Å². The molecule has 0 amide bonds. The molecule has 0 saturated heterocycles. The summed E-state index contributed by atoms with van der Waals surface area (Å²) in [7, 11) is 2.13. The quantitative estimate of drug-likeness (QED) is 0.849. The molecule has 0 N–H and O–H groups in total. The first-order valence-corrected chi connectivity index (χ1v) is 7.27. The van der Waals surface area contributed by atoms with Gasteiger partial charge < -0.3 is 9.47 Å². The maximum absolute atomic E-state index is 12.5. The average Bonchev–Trinajstić information content (AvgIpc) is 2.37. The van der Waals surface area contributed by atoms with Gasteiger partial charge in [0.25, 0.3) is 5.56 Å². The predicted molar refractivity (Wildman–Crippen MR) is 78.4 cm³/mol. The van der Waals surface area contributed by atoms with Crippen LogP contribution in [-0.2, 0) is 18.7 Å². The van der Waals surface area contributed by atoms with Gasteiger partial charge in [0.05, 0.1) is 0 Å². The van der Waals surface area contributed by atoms with E-state index in [1.807, 2.05) is 4.57 Å². The number of rotatable bonds is 3. The van der Waals surface area contributed by atoms with Crippen LogP contribution in [-0.4, -0.2) is 23.1 Å². The molecule has 18 heavy (non-hydrogen) atoms. The summed E-state index contributed by atoms with van der Waals surface area (Å²) in [5.41, 5.74) is 3.51. The third-order valence-electron chi connectivity index (χ3n) is 3.88. The molecule has 4 heteroatoms. The lowest BCUT2D eigenvalue weighted by atomic mass is 10.0. The molecule has 1 aliphatic heterocycles. The third-order valence-corrected chi connectivity index (χ3v) is 4.22. The van der Waals surface area contributed by atoms with Crippen molar-refractivity contribution in [1.29, 1.82) is 0 Å². The van der Waals surface area contributed by atoms with Crippen LogP contribution in [0.2, 0.25) is 0 Å². The highest BCUT2D eigenvalue weighted by atomic mass is 32.1. The highest BCUT2D eigenvalue weighted by Gasteiger charge is 2.21. The molecule has 0 aliphatic carbocycles. The van der Waals surface area contributed by atoms with Gasteiger partial charge in [-0.3, -0.25) is 4.79 Å². The van der Waals surface area contributed by atoms with E-state index < -0.39 is 0 Å². The Hall–Kier alpha value is -0.740. The lowest BCUT2D eigenvalue weighted by Crippen LogP contribution is -2.36. The molecule has 0 spiro atoms. The topological polar surface area (TPSA) is 25.2 Å². The van der Waals surface area contributed by atoms with Crippen LogP contribution < -0.4 is 5.56 Å². The van der Waals surface area contributed by atoms with Crippen LogP contribution in [0.15, 0.2) is 10.9 Å². The molecule has 0 radical (unpaired) electrons. The molecule has 1 atom stereocenters. The van der Waals surface area contributed by atoms with Crippen molar-refractivity contribution in [3.63, 3.8) is 0 Å². The summed E-state index contributed by atoms with van der Waals surface area (Å²) in [5.74, 6) is 0.520. The smallest absolute Gasteiger partial charge is 0.255 e. The summed E-state index contributed by atoms with van der Waals surface area (Å²) in [6.07, 6.45) is 1.95. The summed E-state index contributed by atoms with van der Waals surface area (Å²) >= 11 is 4.29. The minimum absolute atomic E-state index is 0.155. The van der Waals surface area contributed by atoms with E-state index in [0.717, 1.165) is 31.5 Å². The SMILES string of the molecule is CCC(C)n1c2c(cc(CS)c1=O)CN(C)CC2. The molecule has 3 nitrogen and oxygen atoms in total. The van der Waals surface area contributed by atoms with Crippen molar-refractivity contribution < 1.29 is 0 Å². The molecular formula is C14H22N2OS. The van der Waals surface area contributed by atoms with Gasteiger partial charge in [-0.1, -0.05) is 6.92 Å². The molecule has 100 valence electrons. The van der Waals surface area contributed by atoms with Crippen molar-refractivity contribution in [1.82, 2.24) is 9.47 Å². The molecule has 1 unspecified atom stereocenters. The van der Waals surface area contributed by atoms with Crippen LogP contribution >= 0.6 is 12.6 Å². The Morgan fingerprint density at radius 3 is 2.83 bits per heavy atom. The number of hydrogen-bond donors (Lipinski definition) is 1. The second-order valence-electron chi connectivity index (χ2n) is 5.22. The van der Waals surface area contributed by atoms with Gasteiger partial charge in [0.1, 0.15) is 0 Å². The van der Waals surface area contributed by atoms with Crippen LogP contribution in [0.3, 0.4) is 0 Å². The number of likely N-dealkylation sites (N-methyl/N-ethyl adjacent to an activating group) is 1. The standard InChI is InChI=1S/C14H22N2OS/c1-4-10(2)16-13-5-6-15(3)8-11(13)7-12(9-18)14(16)17/h7,10,18H,4-6,8-9H2,1-3H3. The third kappa shape index (κ3) is 2.36. The average molecular weight is 266 g/mol. The first-order valence-electron chi connectivity index (χ1n) is 6.64. The normalized spacial score (nSPS) is 17.6. The lowest BCUT2D eigenvalue weighted by Gasteiger charge is -2.30. The van der Waals surface area contributed by atoms with E-state index in [0.29, 0.717) is 5.75 Å². The van der Waals surface area contributed by atoms with Crippen LogP contribution in [0.25, 0.3) is 0 Å². The Morgan fingerprint density at radius 2 is 2.22 bits per heavy atom. The summed E-state index contributed by atoms with van der Waals surface area (Å²) in [6.45, 7) is 6.23. The Morgan fingerprint density at radius 1 is 1.50 bits per heavy atom. The molecule has 0 saturated carbocycles. The van der Waals surface area contributed by atoms with E-state index in [-0.39, 0.29) is 11.6 Å². The largest absolute Gasteiger partial charge is 0.309 e. The van der Waals surface area contributed by atoms with Crippen LogP contribution in [0.5, 0.6) is 0 Å². The van der Waals surface area contributed by atoms with Crippen molar-refractivity contribution in [3.8, 4) is 0 Å². The zero-order chi connectivity index (χ0) is 13.3. The van der Waals surface area contributed by atoms with Crippen molar-refractivity contribution in [2.45, 2.75) is 45.0 Å².